The molecular formula is C13H12BrClN2O2S2. The largest absolute Gasteiger partial charge is 0.371 e. The van der Waals surface area contributed by atoms with E-state index in [9.17, 15) is 8.42 Å². The molecule has 0 amide bonds. The predicted octanol–water partition coefficient (Wildman–Crippen LogP) is 3.81. The fourth-order valence-electron chi connectivity index (χ4n) is 2.29. The zero-order valence-corrected chi connectivity index (χ0v) is 15.1. The number of hydrogen-bond acceptors (Lipinski definition) is 4. The quantitative estimate of drug-likeness (QED) is 0.760. The van der Waals surface area contributed by atoms with Crippen molar-refractivity contribution in [1.29, 1.82) is 0 Å². The number of anilines is 2. The molecule has 0 saturated heterocycles. The minimum atomic E-state index is -3.59. The molecule has 0 saturated carbocycles. The number of benzene rings is 1. The average molecular weight is 408 g/mol. The smallest absolute Gasteiger partial charge is 0.274 e. The van der Waals surface area contributed by atoms with Crippen molar-refractivity contribution < 1.29 is 8.42 Å². The number of hydrogen-bond donors (Lipinski definition) is 0. The SMILES string of the molecule is CN1CCN(S(=O)(=O)c2cc(Cl)c(Br)s2)c2ccccc21. The lowest BCUT2D eigenvalue weighted by Gasteiger charge is -2.35. The molecule has 1 aromatic heterocycles. The molecule has 1 aliphatic heterocycles. The maximum absolute atomic E-state index is 12.9. The summed E-state index contributed by atoms with van der Waals surface area (Å²) in [7, 11) is -1.63. The van der Waals surface area contributed by atoms with Gasteiger partial charge in [-0.2, -0.15) is 0 Å². The Kier molecular flexibility index (Phi) is 3.94. The van der Waals surface area contributed by atoms with Crippen LogP contribution in [-0.4, -0.2) is 28.6 Å². The van der Waals surface area contributed by atoms with E-state index in [0.29, 0.717) is 27.6 Å². The second kappa shape index (κ2) is 5.46. The van der Waals surface area contributed by atoms with Crippen LogP contribution >= 0.6 is 38.9 Å². The summed E-state index contributed by atoms with van der Waals surface area (Å²) in [6.45, 7) is 1.07. The Balaban J connectivity index is 2.10. The van der Waals surface area contributed by atoms with E-state index in [-0.39, 0.29) is 4.21 Å². The van der Waals surface area contributed by atoms with Gasteiger partial charge in [0, 0.05) is 13.6 Å². The van der Waals surface area contributed by atoms with Crippen LogP contribution < -0.4 is 9.21 Å². The standard InChI is InChI=1S/C13H12BrClN2O2S2/c1-16-6-7-17(11-5-3-2-4-10(11)16)21(18,19)12-8-9(15)13(14)20-12/h2-5,8H,6-7H2,1H3. The molecule has 1 aromatic carbocycles. The summed E-state index contributed by atoms with van der Waals surface area (Å²) < 4.78 is 28.1. The van der Waals surface area contributed by atoms with Crippen molar-refractivity contribution in [2.75, 3.05) is 29.3 Å². The second-order valence-electron chi connectivity index (χ2n) is 4.67. The number of likely N-dealkylation sites (N-methyl/N-ethyl adjacent to an activating group) is 1. The van der Waals surface area contributed by atoms with Crippen LogP contribution in [0, 0.1) is 0 Å². The Morgan fingerprint density at radius 1 is 1.24 bits per heavy atom. The summed E-state index contributed by atoms with van der Waals surface area (Å²) in [5.41, 5.74) is 1.61. The summed E-state index contributed by atoms with van der Waals surface area (Å²) in [6.07, 6.45) is 0. The Hall–Kier alpha value is -0.760. The molecule has 0 unspecified atom stereocenters. The highest BCUT2D eigenvalue weighted by Crippen LogP contribution is 2.40. The molecule has 1 aliphatic rings. The van der Waals surface area contributed by atoms with Crippen molar-refractivity contribution in [3.8, 4) is 0 Å². The van der Waals surface area contributed by atoms with E-state index in [4.69, 9.17) is 11.6 Å². The Morgan fingerprint density at radius 2 is 1.90 bits per heavy atom. The molecule has 0 spiro atoms. The van der Waals surface area contributed by atoms with Gasteiger partial charge in [-0.3, -0.25) is 4.31 Å². The van der Waals surface area contributed by atoms with E-state index in [1.807, 2.05) is 31.3 Å². The van der Waals surface area contributed by atoms with Crippen LogP contribution in [0.2, 0.25) is 5.02 Å². The molecule has 0 N–H and O–H groups in total. The Labute approximate surface area is 141 Å². The maximum atomic E-state index is 12.9. The first kappa shape index (κ1) is 15.1. The summed E-state index contributed by atoms with van der Waals surface area (Å²) >= 11 is 10.4. The highest BCUT2D eigenvalue weighted by Gasteiger charge is 2.32. The molecule has 3 rings (SSSR count). The molecule has 112 valence electrons. The van der Waals surface area contributed by atoms with Crippen molar-refractivity contribution in [3.63, 3.8) is 0 Å². The summed E-state index contributed by atoms with van der Waals surface area (Å²) in [5, 5.41) is 0.418. The van der Waals surface area contributed by atoms with Crippen LogP contribution in [0.3, 0.4) is 0 Å². The lowest BCUT2D eigenvalue weighted by atomic mass is 10.2. The van der Waals surface area contributed by atoms with Crippen LogP contribution in [0.5, 0.6) is 0 Å². The van der Waals surface area contributed by atoms with Crippen LogP contribution in [-0.2, 0) is 10.0 Å². The topological polar surface area (TPSA) is 40.6 Å². The first-order chi connectivity index (χ1) is 9.91. The second-order valence-corrected chi connectivity index (χ2v) is 9.54. The van der Waals surface area contributed by atoms with Gasteiger partial charge >= 0.3 is 0 Å². The van der Waals surface area contributed by atoms with Gasteiger partial charge in [0.25, 0.3) is 10.0 Å². The number of thiophene rings is 1. The lowest BCUT2D eigenvalue weighted by molar-refractivity contribution is 0.591. The molecule has 0 aliphatic carbocycles. The van der Waals surface area contributed by atoms with Crippen molar-refractivity contribution in [3.05, 3.63) is 39.1 Å². The monoisotopic (exact) mass is 406 g/mol. The Bertz CT molecular complexity index is 772. The van der Waals surface area contributed by atoms with Crippen molar-refractivity contribution >= 4 is 60.3 Å². The molecule has 0 fully saturated rings. The van der Waals surface area contributed by atoms with Crippen LogP contribution in [0.15, 0.2) is 38.3 Å². The third kappa shape index (κ3) is 2.56. The van der Waals surface area contributed by atoms with E-state index in [1.54, 1.807) is 0 Å². The van der Waals surface area contributed by atoms with E-state index in [0.717, 1.165) is 17.0 Å². The van der Waals surface area contributed by atoms with Gasteiger partial charge in [0.15, 0.2) is 0 Å². The molecule has 4 nitrogen and oxygen atoms in total. The molecule has 2 aromatic rings. The lowest BCUT2D eigenvalue weighted by Crippen LogP contribution is -2.42. The fraction of sp³-hybridized carbons (Fsp3) is 0.231. The molecule has 8 heteroatoms. The van der Waals surface area contributed by atoms with Gasteiger partial charge in [0.1, 0.15) is 4.21 Å². The van der Waals surface area contributed by atoms with Gasteiger partial charge in [0.05, 0.1) is 26.7 Å². The number of fused-ring (bicyclic) bond motifs is 1. The molecule has 0 atom stereocenters. The average Bonchev–Trinajstić information content (AvgIpc) is 2.80. The zero-order valence-electron chi connectivity index (χ0n) is 11.1. The van der Waals surface area contributed by atoms with Crippen molar-refractivity contribution in [2.45, 2.75) is 4.21 Å². The number of para-hydroxylation sites is 2. The minimum Gasteiger partial charge on any atom is -0.371 e. The minimum absolute atomic E-state index is 0.249. The summed E-state index contributed by atoms with van der Waals surface area (Å²) in [6, 6.07) is 9.00. The summed E-state index contributed by atoms with van der Waals surface area (Å²) in [5.74, 6) is 0. The molecule has 0 bridgehead atoms. The van der Waals surface area contributed by atoms with E-state index >= 15 is 0 Å². The van der Waals surface area contributed by atoms with Crippen LogP contribution in [0.25, 0.3) is 0 Å². The summed E-state index contributed by atoms with van der Waals surface area (Å²) in [4.78, 5) is 2.05. The number of halogens is 2. The highest BCUT2D eigenvalue weighted by molar-refractivity contribution is 9.11. The van der Waals surface area contributed by atoms with E-state index in [2.05, 4.69) is 20.8 Å². The van der Waals surface area contributed by atoms with Crippen LogP contribution in [0.1, 0.15) is 0 Å². The molecular weight excluding hydrogens is 396 g/mol. The number of nitrogens with zero attached hydrogens (tertiary/aromatic N) is 2. The number of rotatable bonds is 2. The normalized spacial score (nSPS) is 15.2. The third-order valence-corrected chi connectivity index (χ3v) is 8.10. The highest BCUT2D eigenvalue weighted by atomic mass is 79.9. The van der Waals surface area contributed by atoms with Gasteiger partial charge in [-0.1, -0.05) is 23.7 Å². The van der Waals surface area contributed by atoms with E-state index in [1.165, 1.54) is 10.4 Å². The van der Waals surface area contributed by atoms with E-state index < -0.39 is 10.0 Å². The van der Waals surface area contributed by atoms with Crippen molar-refractivity contribution in [2.24, 2.45) is 0 Å². The zero-order chi connectivity index (χ0) is 15.2. The number of sulfonamides is 1. The molecule has 2 heterocycles. The van der Waals surface area contributed by atoms with Gasteiger partial charge in [0.2, 0.25) is 0 Å². The van der Waals surface area contributed by atoms with Gasteiger partial charge in [-0.05, 0) is 34.1 Å². The first-order valence-corrected chi connectivity index (χ1v) is 9.62. The Morgan fingerprint density at radius 3 is 2.52 bits per heavy atom. The van der Waals surface area contributed by atoms with Gasteiger partial charge in [-0.15, -0.1) is 11.3 Å². The van der Waals surface area contributed by atoms with Crippen LogP contribution in [0.4, 0.5) is 11.4 Å². The van der Waals surface area contributed by atoms with Crippen molar-refractivity contribution in [1.82, 2.24) is 0 Å². The third-order valence-electron chi connectivity index (χ3n) is 3.37. The first-order valence-electron chi connectivity index (χ1n) is 6.19. The molecule has 0 radical (unpaired) electrons. The molecule has 21 heavy (non-hydrogen) atoms. The fourth-order valence-corrected chi connectivity index (χ4v) is 6.28. The maximum Gasteiger partial charge on any atom is 0.274 e. The van der Waals surface area contributed by atoms with Gasteiger partial charge in [-0.25, -0.2) is 8.42 Å². The predicted molar refractivity (Wildman–Crippen MR) is 91.3 cm³/mol. The van der Waals surface area contributed by atoms with Gasteiger partial charge < -0.3 is 4.90 Å².